The van der Waals surface area contributed by atoms with E-state index in [1.807, 2.05) is 32.6 Å². The molecule has 0 bridgehead atoms. The third-order valence-electron chi connectivity index (χ3n) is 14.4. The molecule has 3 aromatic carbocycles. The Morgan fingerprint density at radius 2 is 1.19 bits per heavy atom. The third-order valence-corrected chi connectivity index (χ3v) is 14.7. The lowest BCUT2D eigenvalue weighted by Crippen LogP contribution is -2.51. The zero-order valence-electron chi connectivity index (χ0n) is 39.1. The molecule has 1 unspecified atom stereocenters. The van der Waals surface area contributed by atoms with Crippen molar-refractivity contribution in [2.24, 2.45) is 11.8 Å². The van der Waals surface area contributed by atoms with E-state index in [9.17, 15) is 24.3 Å². The number of piperidine rings is 1. The number of imidazole rings is 2. The molecule has 0 spiro atoms. The van der Waals surface area contributed by atoms with E-state index in [1.165, 1.54) is 13.5 Å². The van der Waals surface area contributed by atoms with Crippen molar-refractivity contribution in [1.29, 1.82) is 0 Å². The van der Waals surface area contributed by atoms with E-state index in [0.717, 1.165) is 120 Å². The number of H-pyrrole nitrogens is 2. The lowest BCUT2D eigenvalue weighted by molar-refractivity contribution is -0.136. The number of ether oxygens (including phenoxy) is 1. The maximum atomic E-state index is 13.9. The summed E-state index contributed by atoms with van der Waals surface area (Å²) in [5.74, 6) is 0.710. The van der Waals surface area contributed by atoms with Gasteiger partial charge in [-0.05, 0) is 123 Å². The van der Waals surface area contributed by atoms with Crippen molar-refractivity contribution in [3.63, 3.8) is 0 Å². The van der Waals surface area contributed by atoms with Gasteiger partial charge < -0.3 is 50.0 Å². The van der Waals surface area contributed by atoms with Crippen LogP contribution in [0.1, 0.15) is 132 Å². The van der Waals surface area contributed by atoms with Crippen molar-refractivity contribution >= 4 is 69.0 Å². The lowest BCUT2D eigenvalue weighted by atomic mass is 10.0. The first-order valence-corrected chi connectivity index (χ1v) is 24.4. The summed E-state index contributed by atoms with van der Waals surface area (Å²) in [5, 5.41) is 15.4. The van der Waals surface area contributed by atoms with Crippen molar-refractivity contribution in [2.75, 3.05) is 43.1 Å². The highest BCUT2D eigenvalue weighted by Gasteiger charge is 2.41. The molecule has 6 heterocycles. The van der Waals surface area contributed by atoms with E-state index < -0.39 is 24.3 Å². The quantitative estimate of drug-likeness (QED) is 0.0806. The molecule has 16 nitrogen and oxygen atoms in total. The molecular weight excluding hydrogens is 872 g/mol. The molecule has 17 heteroatoms. The number of anilines is 2. The number of fused-ring (bicyclic) bond motifs is 2. The maximum absolute atomic E-state index is 13.9. The summed E-state index contributed by atoms with van der Waals surface area (Å²) in [6.45, 7) is 10.6. The number of halogens is 1. The Hall–Kier alpha value is -6.03. The molecule has 5 aromatic rings. The van der Waals surface area contributed by atoms with E-state index in [4.69, 9.17) is 26.3 Å². The van der Waals surface area contributed by atoms with Gasteiger partial charge in [0.05, 0.1) is 64.1 Å². The van der Waals surface area contributed by atoms with Gasteiger partial charge in [-0.1, -0.05) is 51.4 Å². The van der Waals surface area contributed by atoms with Crippen LogP contribution in [0.4, 0.5) is 21.0 Å². The number of hydrogen-bond donors (Lipinski definition) is 5. The smallest absolute Gasteiger partial charge is 0.407 e. The zero-order chi connectivity index (χ0) is 47.1. The molecule has 4 amide bonds. The second-order valence-corrected chi connectivity index (χ2v) is 19.8. The van der Waals surface area contributed by atoms with Crippen molar-refractivity contribution in [3.8, 4) is 0 Å². The third kappa shape index (κ3) is 9.20. The van der Waals surface area contributed by atoms with Gasteiger partial charge in [-0.25, -0.2) is 19.6 Å². The Bertz CT molecular complexity index is 2640. The van der Waals surface area contributed by atoms with Crippen LogP contribution in [0.3, 0.4) is 0 Å². The lowest BCUT2D eigenvalue weighted by Gasteiger charge is -2.35. The number of carbonyl (C=O) groups excluding carboxylic acids is 3. The second kappa shape index (κ2) is 19.3. The molecule has 5 N–H and O–H groups in total. The highest BCUT2D eigenvalue weighted by molar-refractivity contribution is 6.33. The minimum atomic E-state index is -1.22. The van der Waals surface area contributed by atoms with E-state index in [1.54, 1.807) is 4.90 Å². The Kier molecular flexibility index (Phi) is 13.3. The van der Waals surface area contributed by atoms with Gasteiger partial charge in [-0.3, -0.25) is 9.59 Å². The highest BCUT2D eigenvalue weighted by Crippen LogP contribution is 2.49. The number of aromatic nitrogens is 4. The van der Waals surface area contributed by atoms with Gasteiger partial charge in [0.15, 0.2) is 0 Å². The van der Waals surface area contributed by atoms with Crippen LogP contribution in [0.15, 0.2) is 54.6 Å². The molecular formula is C50H63ClN10O6. The van der Waals surface area contributed by atoms with Crippen molar-refractivity contribution in [2.45, 2.75) is 122 Å². The predicted molar refractivity (Wildman–Crippen MR) is 258 cm³/mol. The van der Waals surface area contributed by atoms with Crippen LogP contribution in [0.5, 0.6) is 0 Å². The van der Waals surface area contributed by atoms with Crippen molar-refractivity contribution < 1.29 is 29.0 Å². The molecule has 4 saturated heterocycles. The number of rotatable bonds is 12. The van der Waals surface area contributed by atoms with Gasteiger partial charge in [-0.2, -0.15) is 0 Å². The first-order valence-electron chi connectivity index (χ1n) is 24.1. The fourth-order valence-electron chi connectivity index (χ4n) is 11.0. The summed E-state index contributed by atoms with van der Waals surface area (Å²) in [7, 11) is 1.30. The number of alkyl carbamates (subject to hydrolysis) is 1. The maximum Gasteiger partial charge on any atom is 0.407 e. The number of aromatic amines is 2. The molecule has 0 aliphatic carbocycles. The number of nitrogens with zero attached hydrogens (tertiary/aromatic N) is 6. The monoisotopic (exact) mass is 934 g/mol. The van der Waals surface area contributed by atoms with E-state index in [2.05, 4.69) is 85.0 Å². The van der Waals surface area contributed by atoms with Gasteiger partial charge in [0.25, 0.3) is 0 Å². The van der Waals surface area contributed by atoms with Crippen molar-refractivity contribution in [1.82, 2.24) is 40.4 Å². The Balaban J connectivity index is 1.02. The van der Waals surface area contributed by atoms with E-state index in [-0.39, 0.29) is 47.8 Å². The number of carboxylic acid groups (broad SMARTS) is 1. The summed E-state index contributed by atoms with van der Waals surface area (Å²) in [6, 6.07) is 17.2. The van der Waals surface area contributed by atoms with Crippen LogP contribution in [0, 0.1) is 11.8 Å². The Morgan fingerprint density at radius 1 is 0.672 bits per heavy atom. The Morgan fingerprint density at radius 3 is 1.67 bits per heavy atom. The number of amides is 4. The number of likely N-dealkylation sites (tertiary alicyclic amines) is 2. The average molecular weight is 936 g/mol. The SMILES string of the molecule is COC(=O)N[C@H](C(=O)N1CCC[C@H]1c1nc2ccc(C3CC[C@H](c4ccc5nc([C@@H]6CCCN6C(=O)[C@@H](NC(=O)O)C(C)C)[nH]c5c4)N3c3ccc(N4CCCCC4)c(Cl)c3)cc2[nH]1)C(C)C. The molecule has 2 aromatic heterocycles. The zero-order valence-corrected chi connectivity index (χ0v) is 39.8. The molecule has 0 saturated carbocycles. The fraction of sp³-hybridized carbons (Fsp3) is 0.520. The van der Waals surface area contributed by atoms with Gasteiger partial charge in [0.2, 0.25) is 11.8 Å². The van der Waals surface area contributed by atoms with E-state index in [0.29, 0.717) is 18.9 Å². The molecule has 67 heavy (non-hydrogen) atoms. The summed E-state index contributed by atoms with van der Waals surface area (Å²) >= 11 is 7.20. The summed E-state index contributed by atoms with van der Waals surface area (Å²) < 4.78 is 4.84. The topological polar surface area (TPSA) is 192 Å². The van der Waals surface area contributed by atoms with Crippen molar-refractivity contribution in [3.05, 3.63) is 82.4 Å². The number of methoxy groups -OCH3 is 1. The standard InChI is InChI=1S/C50H63ClN10O6/c1-28(2)43(56-49(64)65)47(62)59-23-9-11-41(59)45-52-34-16-13-30(25-36(34)54-45)38-19-20-39(61(38)32-15-18-40(33(51)27-32)58-21-7-6-8-22-58)31-14-17-35-37(26-31)55-46(53-35)42-12-10-24-60(42)48(63)44(29(3)4)57-50(66)67-5/h13-18,25-29,38-39,41-44,56H,6-12,19-24H2,1-5H3,(H,52,54)(H,53,55)(H,57,66)(H,64,65)/t38-,39?,41+,42+,43+,44+/m1/s1. The highest BCUT2D eigenvalue weighted by atomic mass is 35.5. The number of benzene rings is 3. The van der Waals surface area contributed by atoms with Crippen LogP contribution in [0.2, 0.25) is 5.02 Å². The van der Waals surface area contributed by atoms with Gasteiger partial charge in [0, 0.05) is 31.9 Å². The van der Waals surface area contributed by atoms with Gasteiger partial charge in [0.1, 0.15) is 23.7 Å². The van der Waals surface area contributed by atoms with Crippen LogP contribution in [-0.4, -0.2) is 104 Å². The van der Waals surface area contributed by atoms with Crippen LogP contribution >= 0.6 is 11.6 Å². The first-order chi connectivity index (χ1) is 32.3. The fourth-order valence-corrected chi connectivity index (χ4v) is 11.3. The number of nitrogens with one attached hydrogen (secondary N) is 4. The molecule has 0 radical (unpaired) electrons. The molecule has 356 valence electrons. The minimum absolute atomic E-state index is 0.00166. The number of hydrogen-bond acceptors (Lipinski definition) is 9. The van der Waals surface area contributed by atoms with Gasteiger partial charge >= 0.3 is 12.2 Å². The molecule has 4 fully saturated rings. The molecule has 4 aliphatic rings. The molecule has 4 aliphatic heterocycles. The van der Waals surface area contributed by atoms with Crippen LogP contribution in [-0.2, 0) is 14.3 Å². The van der Waals surface area contributed by atoms with Crippen LogP contribution < -0.4 is 20.4 Å². The normalized spacial score (nSPS) is 22.0. The first kappa shape index (κ1) is 46.1. The largest absolute Gasteiger partial charge is 0.465 e. The average Bonchev–Trinajstić information content (AvgIpc) is 4.18. The predicted octanol–water partition coefficient (Wildman–Crippen LogP) is 9.17. The molecule has 9 rings (SSSR count). The summed E-state index contributed by atoms with van der Waals surface area (Å²) in [4.78, 5) is 77.2. The Labute approximate surface area is 396 Å². The molecule has 6 atom stereocenters. The summed E-state index contributed by atoms with van der Waals surface area (Å²) in [5.41, 5.74) is 7.76. The number of carbonyl (C=O) groups is 4. The van der Waals surface area contributed by atoms with Crippen LogP contribution in [0.25, 0.3) is 22.1 Å². The minimum Gasteiger partial charge on any atom is -0.465 e. The van der Waals surface area contributed by atoms with E-state index >= 15 is 0 Å². The second-order valence-electron chi connectivity index (χ2n) is 19.4. The van der Waals surface area contributed by atoms with Gasteiger partial charge in [-0.15, -0.1) is 0 Å². The summed E-state index contributed by atoms with van der Waals surface area (Å²) in [6.07, 6.45) is 6.57.